The summed E-state index contributed by atoms with van der Waals surface area (Å²) in [6, 6.07) is 0.686. The van der Waals surface area contributed by atoms with Crippen molar-refractivity contribution in [2.45, 2.75) is 46.1 Å². The maximum atomic E-state index is 3.71. The minimum Gasteiger partial charge on any atom is -0.316 e. The third kappa shape index (κ3) is 7.81. The molecule has 0 aliphatic carbocycles. The summed E-state index contributed by atoms with van der Waals surface area (Å²) in [6.07, 6.45) is 3.94. The van der Waals surface area contributed by atoms with E-state index in [0.29, 0.717) is 11.5 Å². The molecule has 0 bridgehead atoms. The van der Waals surface area contributed by atoms with Crippen molar-refractivity contribution in [3.05, 3.63) is 0 Å². The Balaban J connectivity index is 1.43. The van der Waals surface area contributed by atoms with Gasteiger partial charge in [-0.25, -0.2) is 0 Å². The SMILES string of the molecule is CC(C)N1CCC(C)(CNCCN(C)CCCNCC2CCN(C)C2)C1. The summed E-state index contributed by atoms with van der Waals surface area (Å²) in [7, 11) is 4.49. The molecule has 2 aliphatic heterocycles. The van der Waals surface area contributed by atoms with E-state index in [9.17, 15) is 0 Å². The Morgan fingerprint density at radius 3 is 2.62 bits per heavy atom. The van der Waals surface area contributed by atoms with Crippen LogP contribution < -0.4 is 10.6 Å². The van der Waals surface area contributed by atoms with Gasteiger partial charge in [0.25, 0.3) is 0 Å². The fourth-order valence-corrected chi connectivity index (χ4v) is 4.39. The van der Waals surface area contributed by atoms with Gasteiger partial charge in [0.15, 0.2) is 0 Å². The van der Waals surface area contributed by atoms with Crippen molar-refractivity contribution in [1.82, 2.24) is 25.3 Å². The Bertz CT molecular complexity index is 389. The lowest BCUT2D eigenvalue weighted by molar-refractivity contribution is 0.227. The lowest BCUT2D eigenvalue weighted by Gasteiger charge is -2.27. The molecule has 26 heavy (non-hydrogen) atoms. The van der Waals surface area contributed by atoms with Crippen molar-refractivity contribution in [1.29, 1.82) is 0 Å². The van der Waals surface area contributed by atoms with E-state index in [2.05, 4.69) is 60.2 Å². The van der Waals surface area contributed by atoms with Crippen LogP contribution in [0.5, 0.6) is 0 Å². The fraction of sp³-hybridized carbons (Fsp3) is 1.00. The zero-order valence-electron chi connectivity index (χ0n) is 18.2. The van der Waals surface area contributed by atoms with Crippen molar-refractivity contribution in [3.63, 3.8) is 0 Å². The Labute approximate surface area is 162 Å². The number of likely N-dealkylation sites (N-methyl/N-ethyl adjacent to an activating group) is 1. The van der Waals surface area contributed by atoms with Crippen molar-refractivity contribution in [3.8, 4) is 0 Å². The molecular formula is C21H45N5. The van der Waals surface area contributed by atoms with Gasteiger partial charge < -0.3 is 25.3 Å². The highest BCUT2D eigenvalue weighted by Crippen LogP contribution is 2.30. The smallest absolute Gasteiger partial charge is 0.0104 e. The van der Waals surface area contributed by atoms with E-state index in [1.807, 2.05) is 0 Å². The van der Waals surface area contributed by atoms with Crippen LogP contribution >= 0.6 is 0 Å². The lowest BCUT2D eigenvalue weighted by Crippen LogP contribution is -2.39. The summed E-state index contributed by atoms with van der Waals surface area (Å²) in [5, 5.41) is 7.36. The number of nitrogens with one attached hydrogen (secondary N) is 2. The van der Waals surface area contributed by atoms with E-state index < -0.39 is 0 Å². The predicted octanol–water partition coefficient (Wildman–Crippen LogP) is 1.56. The maximum absolute atomic E-state index is 3.71. The molecule has 0 spiro atoms. The third-order valence-corrected chi connectivity index (χ3v) is 6.36. The van der Waals surface area contributed by atoms with Crippen molar-refractivity contribution in [2.24, 2.45) is 11.3 Å². The van der Waals surface area contributed by atoms with Crippen molar-refractivity contribution >= 4 is 0 Å². The first-order chi connectivity index (χ1) is 12.4. The highest BCUT2D eigenvalue weighted by atomic mass is 15.2. The largest absolute Gasteiger partial charge is 0.316 e. The van der Waals surface area contributed by atoms with Gasteiger partial charge in [0.1, 0.15) is 0 Å². The van der Waals surface area contributed by atoms with E-state index in [4.69, 9.17) is 0 Å². The Morgan fingerprint density at radius 1 is 1.15 bits per heavy atom. The summed E-state index contributed by atoms with van der Waals surface area (Å²) in [6.45, 7) is 19.1. The molecule has 2 N–H and O–H groups in total. The van der Waals surface area contributed by atoms with Crippen LogP contribution in [0, 0.1) is 11.3 Å². The minimum absolute atomic E-state index is 0.459. The molecule has 0 aromatic rings. The van der Waals surface area contributed by atoms with Crippen LogP contribution in [0.25, 0.3) is 0 Å². The Kier molecular flexibility index (Phi) is 9.31. The standard InChI is InChI=1S/C21H45N5/c1-19(2)26-13-8-21(3,18-26)17-23-10-14-24(4)11-6-9-22-15-20-7-12-25(5)16-20/h19-20,22-23H,6-18H2,1-5H3. The zero-order chi connectivity index (χ0) is 19.0. The van der Waals surface area contributed by atoms with Gasteiger partial charge in [-0.2, -0.15) is 0 Å². The first-order valence-electron chi connectivity index (χ1n) is 10.9. The number of hydrogen-bond acceptors (Lipinski definition) is 5. The second kappa shape index (κ2) is 11.0. The predicted molar refractivity (Wildman–Crippen MR) is 113 cm³/mol. The Hall–Kier alpha value is -0.200. The molecule has 0 aromatic carbocycles. The third-order valence-electron chi connectivity index (χ3n) is 6.36. The Morgan fingerprint density at radius 2 is 1.96 bits per heavy atom. The van der Waals surface area contributed by atoms with Gasteiger partial charge in [0.2, 0.25) is 0 Å². The maximum Gasteiger partial charge on any atom is 0.0104 e. The normalized spacial score (nSPS) is 28.0. The molecule has 2 rings (SSSR count). The molecule has 5 heteroatoms. The van der Waals surface area contributed by atoms with Crippen LogP contribution in [0.2, 0.25) is 0 Å². The fourth-order valence-electron chi connectivity index (χ4n) is 4.39. The van der Waals surface area contributed by atoms with Gasteiger partial charge in [-0.05, 0) is 91.3 Å². The highest BCUT2D eigenvalue weighted by molar-refractivity contribution is 4.89. The second-order valence-electron chi connectivity index (χ2n) is 9.58. The average molecular weight is 368 g/mol. The topological polar surface area (TPSA) is 33.8 Å². The van der Waals surface area contributed by atoms with Crippen LogP contribution in [0.4, 0.5) is 0 Å². The molecule has 2 saturated heterocycles. The monoisotopic (exact) mass is 367 g/mol. The van der Waals surface area contributed by atoms with Crippen LogP contribution in [0.15, 0.2) is 0 Å². The zero-order valence-corrected chi connectivity index (χ0v) is 18.2. The molecule has 2 unspecified atom stereocenters. The molecule has 0 radical (unpaired) electrons. The van der Waals surface area contributed by atoms with E-state index in [1.54, 1.807) is 0 Å². The molecule has 0 aromatic heterocycles. The van der Waals surface area contributed by atoms with Crippen molar-refractivity contribution in [2.75, 3.05) is 79.5 Å². The first-order valence-corrected chi connectivity index (χ1v) is 10.9. The molecule has 0 saturated carbocycles. The highest BCUT2D eigenvalue weighted by Gasteiger charge is 2.34. The second-order valence-corrected chi connectivity index (χ2v) is 9.58. The minimum atomic E-state index is 0.459. The molecule has 2 aliphatic rings. The number of nitrogens with zero attached hydrogens (tertiary/aromatic N) is 3. The van der Waals surface area contributed by atoms with Crippen LogP contribution in [0.1, 0.15) is 40.0 Å². The van der Waals surface area contributed by atoms with Crippen LogP contribution in [0.3, 0.4) is 0 Å². The summed E-state index contributed by atoms with van der Waals surface area (Å²) in [5.74, 6) is 0.866. The first kappa shape index (κ1) is 22.1. The van der Waals surface area contributed by atoms with E-state index in [-0.39, 0.29) is 0 Å². The summed E-state index contributed by atoms with van der Waals surface area (Å²) < 4.78 is 0. The molecule has 2 atom stereocenters. The summed E-state index contributed by atoms with van der Waals surface area (Å²) >= 11 is 0. The van der Waals surface area contributed by atoms with Gasteiger partial charge in [0.05, 0.1) is 0 Å². The van der Waals surface area contributed by atoms with Crippen LogP contribution in [-0.4, -0.2) is 100 Å². The number of likely N-dealkylation sites (tertiary alicyclic amines) is 2. The molecule has 2 heterocycles. The summed E-state index contributed by atoms with van der Waals surface area (Å²) in [5.41, 5.74) is 0.459. The van der Waals surface area contributed by atoms with Crippen molar-refractivity contribution < 1.29 is 0 Å². The molecule has 154 valence electrons. The lowest BCUT2D eigenvalue weighted by atomic mass is 9.90. The van der Waals surface area contributed by atoms with E-state index >= 15 is 0 Å². The van der Waals surface area contributed by atoms with E-state index in [0.717, 1.165) is 32.1 Å². The van der Waals surface area contributed by atoms with Gasteiger partial charge >= 0.3 is 0 Å². The van der Waals surface area contributed by atoms with Gasteiger partial charge in [0, 0.05) is 38.8 Å². The van der Waals surface area contributed by atoms with Gasteiger partial charge in [-0.15, -0.1) is 0 Å². The molecule has 2 fully saturated rings. The number of hydrogen-bond donors (Lipinski definition) is 2. The average Bonchev–Trinajstić information content (AvgIpc) is 3.18. The molecule has 0 amide bonds. The van der Waals surface area contributed by atoms with Gasteiger partial charge in [-0.3, -0.25) is 0 Å². The molecule has 5 nitrogen and oxygen atoms in total. The summed E-state index contributed by atoms with van der Waals surface area (Å²) in [4.78, 5) is 7.53. The van der Waals surface area contributed by atoms with Crippen LogP contribution in [-0.2, 0) is 0 Å². The van der Waals surface area contributed by atoms with E-state index in [1.165, 1.54) is 58.5 Å². The number of rotatable bonds is 12. The van der Waals surface area contributed by atoms with Gasteiger partial charge in [-0.1, -0.05) is 6.92 Å². The quantitative estimate of drug-likeness (QED) is 0.512. The molecular weight excluding hydrogens is 322 g/mol.